The van der Waals surface area contributed by atoms with E-state index in [1.165, 1.54) is 53.5 Å². The van der Waals surface area contributed by atoms with Gasteiger partial charge in [-0.3, -0.25) is 14.9 Å². The standard InChI is InChI=1S/C17H13FN4O4/c18-15-8-12(4-5-16(15)21-7-6-19-11-21)20-17(23)10-26-14-3-1-2-13(9-14)22(24)25/h1-9,11H,10H2,(H,20,23). The van der Waals surface area contributed by atoms with Crippen LogP contribution >= 0.6 is 0 Å². The van der Waals surface area contributed by atoms with Gasteiger partial charge in [0.05, 0.1) is 23.0 Å². The molecule has 0 aliphatic carbocycles. The smallest absolute Gasteiger partial charge is 0.273 e. The molecule has 0 aliphatic heterocycles. The van der Waals surface area contributed by atoms with Gasteiger partial charge in [-0.15, -0.1) is 0 Å². The molecule has 1 heterocycles. The summed E-state index contributed by atoms with van der Waals surface area (Å²) in [4.78, 5) is 25.9. The van der Waals surface area contributed by atoms with Gasteiger partial charge in [0.25, 0.3) is 11.6 Å². The number of amides is 1. The van der Waals surface area contributed by atoms with Crippen molar-refractivity contribution >= 4 is 17.3 Å². The molecule has 9 heteroatoms. The van der Waals surface area contributed by atoms with Crippen LogP contribution in [0.3, 0.4) is 0 Å². The molecule has 0 atom stereocenters. The number of carbonyl (C=O) groups is 1. The fourth-order valence-corrected chi connectivity index (χ4v) is 2.23. The fraction of sp³-hybridized carbons (Fsp3) is 0.0588. The van der Waals surface area contributed by atoms with Gasteiger partial charge in [-0.2, -0.15) is 0 Å². The number of anilines is 1. The number of carbonyl (C=O) groups excluding carboxylic acids is 1. The summed E-state index contributed by atoms with van der Waals surface area (Å²) in [5.41, 5.74) is 0.424. The molecule has 1 amide bonds. The normalized spacial score (nSPS) is 10.3. The first-order valence-electron chi connectivity index (χ1n) is 7.48. The highest BCUT2D eigenvalue weighted by molar-refractivity contribution is 5.92. The summed E-state index contributed by atoms with van der Waals surface area (Å²) in [6, 6.07) is 9.72. The van der Waals surface area contributed by atoms with Gasteiger partial charge >= 0.3 is 0 Å². The van der Waals surface area contributed by atoms with Crippen molar-refractivity contribution in [2.45, 2.75) is 0 Å². The summed E-state index contributed by atoms with van der Waals surface area (Å²) in [5.74, 6) is -0.859. The second-order valence-electron chi connectivity index (χ2n) is 5.23. The van der Waals surface area contributed by atoms with E-state index >= 15 is 0 Å². The molecule has 3 aromatic rings. The summed E-state index contributed by atoms with van der Waals surface area (Å²) in [5, 5.41) is 13.2. The molecule has 0 unspecified atom stereocenters. The average Bonchev–Trinajstić information content (AvgIpc) is 3.14. The Kier molecular flexibility index (Phi) is 4.88. The number of nitrogens with zero attached hydrogens (tertiary/aromatic N) is 3. The van der Waals surface area contributed by atoms with Gasteiger partial charge in [-0.25, -0.2) is 9.37 Å². The van der Waals surface area contributed by atoms with Crippen molar-refractivity contribution in [2.24, 2.45) is 0 Å². The second kappa shape index (κ2) is 7.43. The van der Waals surface area contributed by atoms with Crippen LogP contribution in [0.25, 0.3) is 5.69 Å². The van der Waals surface area contributed by atoms with Crippen molar-refractivity contribution in [1.29, 1.82) is 0 Å². The summed E-state index contributed by atoms with van der Waals surface area (Å²) in [6.45, 7) is -0.369. The molecule has 0 saturated carbocycles. The van der Waals surface area contributed by atoms with E-state index in [9.17, 15) is 19.3 Å². The maximum absolute atomic E-state index is 14.1. The molecule has 0 radical (unpaired) electrons. The largest absolute Gasteiger partial charge is 0.484 e. The van der Waals surface area contributed by atoms with Crippen LogP contribution in [0.2, 0.25) is 0 Å². The van der Waals surface area contributed by atoms with Gasteiger partial charge < -0.3 is 14.6 Å². The molecule has 0 spiro atoms. The zero-order valence-electron chi connectivity index (χ0n) is 13.3. The molecular weight excluding hydrogens is 343 g/mol. The van der Waals surface area contributed by atoms with E-state index < -0.39 is 16.6 Å². The van der Waals surface area contributed by atoms with Crippen molar-refractivity contribution in [3.63, 3.8) is 0 Å². The van der Waals surface area contributed by atoms with E-state index in [2.05, 4.69) is 10.3 Å². The zero-order chi connectivity index (χ0) is 18.5. The number of rotatable bonds is 6. The number of imidazole rings is 1. The number of nitrogens with one attached hydrogen (secondary N) is 1. The number of aromatic nitrogens is 2. The van der Waals surface area contributed by atoms with Crippen LogP contribution < -0.4 is 10.1 Å². The van der Waals surface area contributed by atoms with Crippen molar-refractivity contribution in [3.05, 3.63) is 77.1 Å². The van der Waals surface area contributed by atoms with Crippen molar-refractivity contribution in [1.82, 2.24) is 9.55 Å². The van der Waals surface area contributed by atoms with Crippen molar-refractivity contribution in [3.8, 4) is 11.4 Å². The molecule has 132 valence electrons. The first-order chi connectivity index (χ1) is 12.5. The Morgan fingerprint density at radius 2 is 2.15 bits per heavy atom. The van der Waals surface area contributed by atoms with Gasteiger partial charge in [-0.1, -0.05) is 6.07 Å². The molecular formula is C17H13FN4O4. The lowest BCUT2D eigenvalue weighted by Gasteiger charge is -2.09. The quantitative estimate of drug-likeness (QED) is 0.541. The second-order valence-corrected chi connectivity index (χ2v) is 5.23. The van der Waals surface area contributed by atoms with E-state index in [1.807, 2.05) is 0 Å². The molecule has 0 bridgehead atoms. The van der Waals surface area contributed by atoms with Gasteiger partial charge in [0.1, 0.15) is 11.6 Å². The van der Waals surface area contributed by atoms with E-state index in [0.717, 1.165) is 0 Å². The lowest BCUT2D eigenvalue weighted by molar-refractivity contribution is -0.384. The molecule has 0 aliphatic rings. The third-order valence-electron chi connectivity index (χ3n) is 3.41. The van der Waals surface area contributed by atoms with E-state index in [-0.39, 0.29) is 23.7 Å². The number of ether oxygens (including phenoxy) is 1. The number of non-ortho nitro benzene ring substituents is 1. The summed E-state index contributed by atoms with van der Waals surface area (Å²) in [6.07, 6.45) is 4.59. The van der Waals surface area contributed by atoms with Crippen LogP contribution in [-0.4, -0.2) is 27.0 Å². The minimum Gasteiger partial charge on any atom is -0.484 e. The van der Waals surface area contributed by atoms with Gasteiger partial charge in [0.15, 0.2) is 6.61 Å². The Labute approximate surface area is 147 Å². The van der Waals surface area contributed by atoms with Crippen molar-refractivity contribution < 1.29 is 18.8 Å². The van der Waals surface area contributed by atoms with Crippen LogP contribution in [0.5, 0.6) is 5.75 Å². The molecule has 1 N–H and O–H groups in total. The number of nitro groups is 1. The Bertz CT molecular complexity index is 944. The van der Waals surface area contributed by atoms with Crippen LogP contribution in [0, 0.1) is 15.9 Å². The van der Waals surface area contributed by atoms with Crippen LogP contribution in [0.4, 0.5) is 15.8 Å². The molecule has 26 heavy (non-hydrogen) atoms. The van der Waals surface area contributed by atoms with E-state index in [4.69, 9.17) is 4.74 Å². The van der Waals surface area contributed by atoms with Crippen LogP contribution in [0.15, 0.2) is 61.2 Å². The number of halogens is 1. The highest BCUT2D eigenvalue weighted by atomic mass is 19.1. The number of nitro benzene ring substituents is 1. The maximum atomic E-state index is 14.1. The van der Waals surface area contributed by atoms with E-state index in [0.29, 0.717) is 5.69 Å². The molecule has 2 aromatic carbocycles. The topological polar surface area (TPSA) is 99.3 Å². The minimum atomic E-state index is -0.558. The Morgan fingerprint density at radius 1 is 1.31 bits per heavy atom. The molecule has 1 aromatic heterocycles. The zero-order valence-corrected chi connectivity index (χ0v) is 13.3. The molecule has 0 fully saturated rings. The van der Waals surface area contributed by atoms with Gasteiger partial charge in [-0.05, 0) is 24.3 Å². The predicted octanol–water partition coefficient (Wildman–Crippen LogP) is 2.94. The minimum absolute atomic E-state index is 0.139. The van der Waals surface area contributed by atoms with Gasteiger partial charge in [0, 0.05) is 24.1 Å². The number of hydrogen-bond acceptors (Lipinski definition) is 5. The highest BCUT2D eigenvalue weighted by Crippen LogP contribution is 2.20. The first-order valence-corrected chi connectivity index (χ1v) is 7.48. The summed E-state index contributed by atoms with van der Waals surface area (Å²) in [7, 11) is 0. The highest BCUT2D eigenvalue weighted by Gasteiger charge is 2.10. The maximum Gasteiger partial charge on any atom is 0.273 e. The monoisotopic (exact) mass is 356 g/mol. The SMILES string of the molecule is O=C(COc1cccc([N+](=O)[O-])c1)Nc1ccc(-n2ccnc2)c(F)c1. The first kappa shape index (κ1) is 17.1. The number of hydrogen-bond donors (Lipinski definition) is 1. The third-order valence-corrected chi connectivity index (χ3v) is 3.41. The van der Waals surface area contributed by atoms with Crippen molar-refractivity contribution in [2.75, 3.05) is 11.9 Å². The Hall–Kier alpha value is -3.75. The number of benzene rings is 2. The predicted molar refractivity (Wildman–Crippen MR) is 90.7 cm³/mol. The molecule has 8 nitrogen and oxygen atoms in total. The van der Waals surface area contributed by atoms with Gasteiger partial charge in [0.2, 0.25) is 0 Å². The lowest BCUT2D eigenvalue weighted by Crippen LogP contribution is -2.20. The fourth-order valence-electron chi connectivity index (χ4n) is 2.23. The van der Waals surface area contributed by atoms with Crippen LogP contribution in [-0.2, 0) is 4.79 Å². The Balaban J connectivity index is 1.61. The molecule has 0 saturated heterocycles. The average molecular weight is 356 g/mol. The lowest BCUT2D eigenvalue weighted by atomic mass is 10.2. The van der Waals surface area contributed by atoms with Crippen LogP contribution in [0.1, 0.15) is 0 Å². The molecule has 3 rings (SSSR count). The third kappa shape index (κ3) is 4.01. The summed E-state index contributed by atoms with van der Waals surface area (Å²) < 4.78 is 20.9. The Morgan fingerprint density at radius 3 is 2.85 bits per heavy atom. The summed E-state index contributed by atoms with van der Waals surface area (Å²) >= 11 is 0. The van der Waals surface area contributed by atoms with E-state index in [1.54, 1.807) is 12.3 Å².